The number of hydrogen-bond donors (Lipinski definition) is 4. The Kier molecular flexibility index (Phi) is 7.28. The lowest BCUT2D eigenvalue weighted by molar-refractivity contribution is -0.117. The molecule has 0 heterocycles. The topological polar surface area (TPSA) is 105 Å². The molecule has 3 rings (SSSR count). The number of hydrogen-bond acceptors (Lipinski definition) is 4. The molecule has 1 unspecified atom stereocenters. The number of anilines is 2. The summed E-state index contributed by atoms with van der Waals surface area (Å²) in [5.41, 5.74) is 14.1. The van der Waals surface area contributed by atoms with E-state index in [1.54, 1.807) is 42.5 Å². The van der Waals surface area contributed by atoms with Crippen molar-refractivity contribution >= 4 is 46.2 Å². The van der Waals surface area contributed by atoms with Crippen LogP contribution >= 0.6 is 23.2 Å². The Morgan fingerprint density at radius 3 is 2.52 bits per heavy atom. The SMILES string of the molecule is N=C(c1cccc(F)c1)c1cc(NC(=O)C(CCN)c2ccc(Cl)c(Cl)c2)ccc1N. The van der Waals surface area contributed by atoms with Gasteiger partial charge in [-0.2, -0.15) is 0 Å². The van der Waals surface area contributed by atoms with Crippen molar-refractivity contribution in [2.24, 2.45) is 5.73 Å². The largest absolute Gasteiger partial charge is 0.398 e. The zero-order valence-electron chi connectivity index (χ0n) is 16.5. The highest BCUT2D eigenvalue weighted by Crippen LogP contribution is 2.29. The minimum Gasteiger partial charge on any atom is -0.398 e. The Morgan fingerprint density at radius 1 is 1.06 bits per heavy atom. The summed E-state index contributed by atoms with van der Waals surface area (Å²) in [6.07, 6.45) is 0.407. The van der Waals surface area contributed by atoms with E-state index in [9.17, 15) is 9.18 Å². The van der Waals surface area contributed by atoms with Crippen LogP contribution in [0.25, 0.3) is 0 Å². The second-order valence-corrected chi connectivity index (χ2v) is 7.79. The minimum atomic E-state index is -0.538. The molecule has 1 atom stereocenters. The van der Waals surface area contributed by atoms with E-state index in [0.717, 1.165) is 0 Å². The highest BCUT2D eigenvalue weighted by Gasteiger charge is 2.21. The zero-order valence-corrected chi connectivity index (χ0v) is 18.0. The molecule has 8 heteroatoms. The van der Waals surface area contributed by atoms with Gasteiger partial charge in [-0.25, -0.2) is 4.39 Å². The molecule has 160 valence electrons. The molecule has 3 aromatic rings. The summed E-state index contributed by atoms with van der Waals surface area (Å²) in [6, 6.07) is 15.6. The van der Waals surface area contributed by atoms with Crippen molar-refractivity contribution in [1.82, 2.24) is 0 Å². The van der Waals surface area contributed by atoms with E-state index < -0.39 is 11.7 Å². The fourth-order valence-electron chi connectivity index (χ4n) is 3.22. The van der Waals surface area contributed by atoms with Crippen LogP contribution in [0.3, 0.4) is 0 Å². The molecule has 0 aliphatic rings. The number of nitrogen functional groups attached to an aromatic ring is 1. The number of nitrogens with two attached hydrogens (primary N) is 2. The molecular formula is C23H21Cl2FN4O. The molecule has 0 aliphatic heterocycles. The molecule has 0 bridgehead atoms. The van der Waals surface area contributed by atoms with Gasteiger partial charge in [0.25, 0.3) is 0 Å². The van der Waals surface area contributed by atoms with Crippen LogP contribution in [-0.2, 0) is 4.79 Å². The van der Waals surface area contributed by atoms with E-state index in [2.05, 4.69) is 5.32 Å². The summed E-state index contributed by atoms with van der Waals surface area (Å²) in [5, 5.41) is 12.0. The van der Waals surface area contributed by atoms with Crippen LogP contribution in [0, 0.1) is 11.2 Å². The number of rotatable bonds is 7. The summed E-state index contributed by atoms with van der Waals surface area (Å²) in [4.78, 5) is 13.0. The number of carbonyl (C=O) groups excluding carboxylic acids is 1. The fraction of sp³-hybridized carbons (Fsp3) is 0.130. The maximum atomic E-state index is 13.6. The van der Waals surface area contributed by atoms with Gasteiger partial charge in [-0.1, -0.05) is 41.4 Å². The Balaban J connectivity index is 1.87. The Labute approximate surface area is 189 Å². The highest BCUT2D eigenvalue weighted by atomic mass is 35.5. The van der Waals surface area contributed by atoms with Gasteiger partial charge >= 0.3 is 0 Å². The summed E-state index contributed by atoms with van der Waals surface area (Å²) < 4.78 is 13.6. The molecule has 5 nitrogen and oxygen atoms in total. The lowest BCUT2D eigenvalue weighted by atomic mass is 9.94. The molecule has 1 amide bonds. The van der Waals surface area contributed by atoms with E-state index in [-0.39, 0.29) is 11.6 Å². The first-order valence-electron chi connectivity index (χ1n) is 9.50. The standard InChI is InChI=1S/C23H21Cl2FN4O/c24-19-6-4-13(11-20(19)25)17(8-9-27)23(31)30-16-5-7-21(28)18(12-16)22(29)14-2-1-3-15(26)10-14/h1-7,10-12,17,29H,8-9,27-28H2,(H,30,31). The van der Waals surface area contributed by atoms with E-state index in [0.29, 0.717) is 51.1 Å². The lowest BCUT2D eigenvalue weighted by Crippen LogP contribution is -2.24. The van der Waals surface area contributed by atoms with Crippen molar-refractivity contribution in [3.63, 3.8) is 0 Å². The third kappa shape index (κ3) is 5.41. The van der Waals surface area contributed by atoms with Crippen LogP contribution in [0.5, 0.6) is 0 Å². The molecule has 3 aromatic carbocycles. The van der Waals surface area contributed by atoms with Crippen molar-refractivity contribution in [3.8, 4) is 0 Å². The maximum absolute atomic E-state index is 13.6. The first-order valence-corrected chi connectivity index (χ1v) is 10.3. The van der Waals surface area contributed by atoms with E-state index in [1.807, 2.05) is 0 Å². The van der Waals surface area contributed by atoms with Crippen LogP contribution in [0.4, 0.5) is 15.8 Å². The van der Waals surface area contributed by atoms with Gasteiger partial charge in [0.2, 0.25) is 5.91 Å². The third-order valence-corrected chi connectivity index (χ3v) is 5.56. The second-order valence-electron chi connectivity index (χ2n) is 6.98. The summed E-state index contributed by atoms with van der Waals surface area (Å²) >= 11 is 12.1. The first kappa shape index (κ1) is 22.7. The maximum Gasteiger partial charge on any atom is 0.231 e. The van der Waals surface area contributed by atoms with E-state index >= 15 is 0 Å². The Morgan fingerprint density at radius 2 is 1.84 bits per heavy atom. The van der Waals surface area contributed by atoms with Crippen LogP contribution in [0.15, 0.2) is 60.7 Å². The van der Waals surface area contributed by atoms with Crippen molar-refractivity contribution in [2.45, 2.75) is 12.3 Å². The minimum absolute atomic E-state index is 0.0519. The average Bonchev–Trinajstić information content (AvgIpc) is 2.75. The van der Waals surface area contributed by atoms with Crippen LogP contribution in [-0.4, -0.2) is 18.2 Å². The van der Waals surface area contributed by atoms with Crippen molar-refractivity contribution in [3.05, 3.63) is 93.2 Å². The monoisotopic (exact) mass is 458 g/mol. The molecular weight excluding hydrogens is 438 g/mol. The molecule has 0 aromatic heterocycles. The van der Waals surface area contributed by atoms with E-state index in [4.69, 9.17) is 40.1 Å². The molecule has 0 aliphatic carbocycles. The van der Waals surface area contributed by atoms with Gasteiger partial charge in [0.15, 0.2) is 0 Å². The second kappa shape index (κ2) is 9.92. The van der Waals surface area contributed by atoms with Gasteiger partial charge in [0.1, 0.15) is 5.82 Å². The van der Waals surface area contributed by atoms with Gasteiger partial charge in [-0.3, -0.25) is 10.2 Å². The summed E-state index contributed by atoms with van der Waals surface area (Å²) in [7, 11) is 0. The number of benzene rings is 3. The summed E-state index contributed by atoms with van der Waals surface area (Å²) in [6.45, 7) is 0.301. The molecule has 0 radical (unpaired) electrons. The van der Waals surface area contributed by atoms with Gasteiger partial charge < -0.3 is 16.8 Å². The molecule has 31 heavy (non-hydrogen) atoms. The van der Waals surface area contributed by atoms with Crippen molar-refractivity contribution < 1.29 is 9.18 Å². The Hall–Kier alpha value is -2.93. The molecule has 0 spiro atoms. The van der Waals surface area contributed by atoms with E-state index in [1.165, 1.54) is 18.2 Å². The number of carbonyl (C=O) groups is 1. The van der Waals surface area contributed by atoms with Crippen LogP contribution in [0.1, 0.15) is 29.0 Å². The predicted octanol–water partition coefficient (Wildman–Crippen LogP) is 5.20. The van der Waals surface area contributed by atoms with Crippen LogP contribution < -0.4 is 16.8 Å². The number of halogens is 3. The molecule has 0 saturated heterocycles. The third-order valence-electron chi connectivity index (χ3n) is 4.82. The normalized spacial score (nSPS) is 11.7. The van der Waals surface area contributed by atoms with Gasteiger partial charge in [-0.15, -0.1) is 0 Å². The zero-order chi connectivity index (χ0) is 22.5. The predicted molar refractivity (Wildman–Crippen MR) is 125 cm³/mol. The average molecular weight is 459 g/mol. The smallest absolute Gasteiger partial charge is 0.231 e. The fourth-order valence-corrected chi connectivity index (χ4v) is 3.53. The molecule has 6 N–H and O–H groups in total. The van der Waals surface area contributed by atoms with Gasteiger partial charge in [0.05, 0.1) is 21.7 Å². The van der Waals surface area contributed by atoms with Gasteiger partial charge in [-0.05, 0) is 61.0 Å². The highest BCUT2D eigenvalue weighted by molar-refractivity contribution is 6.42. The Bertz CT molecular complexity index is 1140. The number of nitrogens with one attached hydrogen (secondary N) is 2. The van der Waals surface area contributed by atoms with Crippen molar-refractivity contribution in [2.75, 3.05) is 17.6 Å². The van der Waals surface area contributed by atoms with Crippen LogP contribution in [0.2, 0.25) is 10.0 Å². The summed E-state index contributed by atoms with van der Waals surface area (Å²) in [5.74, 6) is -1.27. The molecule has 0 fully saturated rings. The first-order chi connectivity index (χ1) is 14.8. The lowest BCUT2D eigenvalue weighted by Gasteiger charge is -2.18. The number of amides is 1. The van der Waals surface area contributed by atoms with Crippen molar-refractivity contribution in [1.29, 1.82) is 5.41 Å². The molecule has 0 saturated carbocycles. The van der Waals surface area contributed by atoms with Gasteiger partial charge in [0, 0.05) is 22.5 Å². The quantitative estimate of drug-likeness (QED) is 0.288.